The fourth-order valence-corrected chi connectivity index (χ4v) is 5.05. The van der Waals surface area contributed by atoms with Crippen LogP contribution in [-0.2, 0) is 15.7 Å². The predicted molar refractivity (Wildman–Crippen MR) is 143 cm³/mol. The summed E-state index contributed by atoms with van der Waals surface area (Å²) >= 11 is 0. The lowest BCUT2D eigenvalue weighted by molar-refractivity contribution is -0.137. The number of imidazole rings is 1. The Hall–Kier alpha value is -4.72. The van der Waals surface area contributed by atoms with Crippen LogP contribution < -0.4 is 19.9 Å². The number of aryl methyl sites for hydroxylation is 1. The highest BCUT2D eigenvalue weighted by Crippen LogP contribution is 2.45. The molecule has 11 nitrogen and oxygen atoms in total. The number of alkyl halides is 3. The van der Waals surface area contributed by atoms with E-state index in [4.69, 9.17) is 14.5 Å². The van der Waals surface area contributed by atoms with Crippen molar-refractivity contribution in [3.8, 4) is 11.4 Å². The molecule has 212 valence electrons. The number of carbonyl (C=O) groups is 1. The van der Waals surface area contributed by atoms with Gasteiger partial charge in [-0.15, -0.1) is 0 Å². The highest BCUT2D eigenvalue weighted by Gasteiger charge is 2.54. The van der Waals surface area contributed by atoms with Crippen LogP contribution in [-0.4, -0.2) is 63.3 Å². The third-order valence-electron chi connectivity index (χ3n) is 7.28. The predicted octanol–water partition coefficient (Wildman–Crippen LogP) is 4.41. The minimum absolute atomic E-state index is 0.0306. The van der Waals surface area contributed by atoms with Gasteiger partial charge in [-0.05, 0) is 31.2 Å². The maximum Gasteiger partial charge on any atom is 0.417 e. The van der Waals surface area contributed by atoms with Crippen LogP contribution >= 0.6 is 0 Å². The zero-order valence-corrected chi connectivity index (χ0v) is 22.3. The summed E-state index contributed by atoms with van der Waals surface area (Å²) in [6.45, 7) is 2.34. The SMILES string of the molecule is COc1cc(Nc2ncc3c(n2)N(C)C2(CCOC2)C(=O)N3c2ccc(C(F)(F)F)cn2)ccc1-n1cnc(C)c1. The number of nitrogens with zero attached hydrogens (tertiary/aromatic N) is 7. The molecular weight excluding hydrogens is 541 g/mol. The molecule has 0 aliphatic carbocycles. The summed E-state index contributed by atoms with van der Waals surface area (Å²) in [7, 11) is 3.31. The molecule has 1 spiro atoms. The van der Waals surface area contributed by atoms with E-state index in [-0.39, 0.29) is 30.0 Å². The molecule has 2 aliphatic heterocycles. The van der Waals surface area contributed by atoms with Gasteiger partial charge in [0.05, 0.1) is 43.2 Å². The topological polar surface area (TPSA) is 111 Å². The number of nitrogens with one attached hydrogen (secondary N) is 1. The van der Waals surface area contributed by atoms with Crippen LogP contribution in [0.4, 0.5) is 42.1 Å². The van der Waals surface area contributed by atoms with E-state index in [2.05, 4.69) is 20.3 Å². The second kappa shape index (κ2) is 9.73. The molecule has 6 rings (SSSR count). The molecule has 5 heterocycles. The van der Waals surface area contributed by atoms with E-state index in [1.54, 1.807) is 31.5 Å². The molecule has 3 aromatic heterocycles. The Labute approximate surface area is 232 Å². The fraction of sp³-hybridized carbons (Fsp3) is 0.296. The number of hydrogen-bond acceptors (Lipinski definition) is 9. The minimum atomic E-state index is -4.56. The molecule has 2 aliphatic rings. The van der Waals surface area contributed by atoms with Crippen molar-refractivity contribution in [2.24, 2.45) is 0 Å². The summed E-state index contributed by atoms with van der Waals surface area (Å²) in [5.41, 5.74) is 0.587. The number of amides is 1. The Morgan fingerprint density at radius 1 is 1.10 bits per heavy atom. The van der Waals surface area contributed by atoms with Crippen molar-refractivity contribution < 1.29 is 27.4 Å². The minimum Gasteiger partial charge on any atom is -0.494 e. The van der Waals surface area contributed by atoms with Gasteiger partial charge in [-0.1, -0.05) is 0 Å². The number of aromatic nitrogens is 5. The van der Waals surface area contributed by atoms with E-state index < -0.39 is 17.3 Å². The van der Waals surface area contributed by atoms with E-state index in [0.717, 1.165) is 17.4 Å². The number of fused-ring (bicyclic) bond motifs is 1. The summed E-state index contributed by atoms with van der Waals surface area (Å²) in [4.78, 5) is 34.2. The molecular formula is C27H25F3N8O3. The molecule has 1 aromatic carbocycles. The zero-order chi connectivity index (χ0) is 28.9. The van der Waals surface area contributed by atoms with Crippen LogP contribution in [0.5, 0.6) is 5.75 Å². The van der Waals surface area contributed by atoms with Crippen molar-refractivity contribution in [3.63, 3.8) is 0 Å². The van der Waals surface area contributed by atoms with Crippen molar-refractivity contribution in [1.82, 2.24) is 24.5 Å². The molecule has 0 bridgehead atoms. The van der Waals surface area contributed by atoms with Crippen molar-refractivity contribution in [1.29, 1.82) is 0 Å². The molecule has 1 amide bonds. The normalized spacial score (nSPS) is 18.6. The maximum atomic E-state index is 13.9. The second-order valence-corrected chi connectivity index (χ2v) is 9.77. The lowest BCUT2D eigenvalue weighted by atomic mass is 9.91. The largest absolute Gasteiger partial charge is 0.494 e. The highest BCUT2D eigenvalue weighted by molar-refractivity contribution is 6.12. The van der Waals surface area contributed by atoms with Crippen molar-refractivity contribution in [2.75, 3.05) is 42.5 Å². The van der Waals surface area contributed by atoms with Crippen LogP contribution in [0.15, 0.2) is 55.2 Å². The van der Waals surface area contributed by atoms with Gasteiger partial charge in [-0.3, -0.25) is 9.69 Å². The van der Waals surface area contributed by atoms with Crippen molar-refractivity contribution in [2.45, 2.75) is 25.1 Å². The molecule has 1 unspecified atom stereocenters. The number of ether oxygens (including phenoxy) is 2. The van der Waals surface area contributed by atoms with Gasteiger partial charge in [0.2, 0.25) is 5.95 Å². The van der Waals surface area contributed by atoms with Gasteiger partial charge in [0.25, 0.3) is 5.91 Å². The van der Waals surface area contributed by atoms with Crippen LogP contribution in [0, 0.1) is 6.92 Å². The quantitative estimate of drug-likeness (QED) is 0.376. The Bertz CT molecular complexity index is 1620. The Balaban J connectivity index is 1.37. The van der Waals surface area contributed by atoms with Crippen LogP contribution in [0.1, 0.15) is 17.7 Å². The summed E-state index contributed by atoms with van der Waals surface area (Å²) in [6.07, 6.45) is 1.55. The fourth-order valence-electron chi connectivity index (χ4n) is 5.05. The van der Waals surface area contributed by atoms with Crippen LogP contribution in [0.3, 0.4) is 0 Å². The first-order chi connectivity index (χ1) is 19.6. The first-order valence-corrected chi connectivity index (χ1v) is 12.6. The number of pyridine rings is 1. The van der Waals surface area contributed by atoms with Gasteiger partial charge in [0.1, 0.15) is 22.8 Å². The first-order valence-electron chi connectivity index (χ1n) is 12.6. The highest BCUT2D eigenvalue weighted by atomic mass is 19.4. The van der Waals surface area contributed by atoms with Gasteiger partial charge in [0, 0.05) is 44.2 Å². The van der Waals surface area contributed by atoms with E-state index in [9.17, 15) is 18.0 Å². The van der Waals surface area contributed by atoms with E-state index >= 15 is 0 Å². The third kappa shape index (κ3) is 4.49. The van der Waals surface area contributed by atoms with Crippen molar-refractivity contribution in [3.05, 3.63) is 66.5 Å². The lowest BCUT2D eigenvalue weighted by Gasteiger charge is -2.45. The van der Waals surface area contributed by atoms with E-state index in [1.807, 2.05) is 29.8 Å². The molecule has 1 N–H and O–H groups in total. The van der Waals surface area contributed by atoms with Gasteiger partial charge in [-0.25, -0.2) is 15.0 Å². The van der Waals surface area contributed by atoms with Gasteiger partial charge in [0.15, 0.2) is 5.82 Å². The van der Waals surface area contributed by atoms with Crippen molar-refractivity contribution >= 4 is 34.9 Å². The Morgan fingerprint density at radius 2 is 1.93 bits per heavy atom. The summed E-state index contributed by atoms with van der Waals surface area (Å²) in [6, 6.07) is 7.57. The number of likely N-dealkylation sites (N-methyl/N-ethyl adjacent to an activating group) is 1. The van der Waals surface area contributed by atoms with E-state index in [1.165, 1.54) is 17.2 Å². The summed E-state index contributed by atoms with van der Waals surface area (Å²) in [5.74, 6) is 0.883. The molecule has 1 atom stereocenters. The van der Waals surface area contributed by atoms with Crippen LogP contribution in [0.25, 0.3) is 5.69 Å². The zero-order valence-electron chi connectivity index (χ0n) is 22.3. The van der Waals surface area contributed by atoms with Gasteiger partial charge < -0.3 is 24.3 Å². The van der Waals surface area contributed by atoms with Gasteiger partial charge >= 0.3 is 6.18 Å². The van der Waals surface area contributed by atoms with Crippen LogP contribution in [0.2, 0.25) is 0 Å². The Morgan fingerprint density at radius 3 is 2.56 bits per heavy atom. The lowest BCUT2D eigenvalue weighted by Crippen LogP contribution is -2.62. The molecule has 1 fully saturated rings. The number of halogens is 3. The number of hydrogen-bond donors (Lipinski definition) is 1. The summed E-state index contributed by atoms with van der Waals surface area (Å²) in [5, 5.41) is 3.17. The molecule has 4 aromatic rings. The molecule has 1 saturated heterocycles. The number of methoxy groups -OCH3 is 1. The number of anilines is 5. The molecule has 41 heavy (non-hydrogen) atoms. The van der Waals surface area contributed by atoms with Gasteiger partial charge in [-0.2, -0.15) is 18.2 Å². The Kier molecular flexibility index (Phi) is 6.29. The average molecular weight is 567 g/mol. The number of benzene rings is 1. The van der Waals surface area contributed by atoms with E-state index in [0.29, 0.717) is 36.5 Å². The standard InChI is InChI=1S/C27H25F3N8O3/c1-16-13-37(15-33-16)19-6-5-18(10-21(19)40-3)34-25-32-12-20-23(35-25)36(2)26(8-9-41-14-26)24(39)38(20)22-7-4-17(11-31-22)27(28,29)30/h4-7,10-13,15H,8-9,14H2,1-3H3,(H,32,34,35). The summed E-state index contributed by atoms with van der Waals surface area (Å²) < 4.78 is 52.5. The first kappa shape index (κ1) is 26.5. The number of carbonyl (C=O) groups excluding carboxylic acids is 1. The third-order valence-corrected chi connectivity index (χ3v) is 7.28. The molecule has 0 saturated carbocycles. The maximum absolute atomic E-state index is 13.9. The number of rotatable bonds is 5. The molecule has 14 heteroatoms. The second-order valence-electron chi connectivity index (χ2n) is 9.77. The molecule has 0 radical (unpaired) electrons. The average Bonchev–Trinajstić information content (AvgIpc) is 3.62. The smallest absolute Gasteiger partial charge is 0.417 e. The monoisotopic (exact) mass is 566 g/mol.